The first-order valence-electron chi connectivity index (χ1n) is 13.2. The SMILES string of the molecule is CC1(C)c2ccccc2-c2ccc(Nc3ccc4c(c3)C(C)(C)c3cccc(-c5ccccc5)c3-4)cc21. The molecule has 0 fully saturated rings. The lowest BCUT2D eigenvalue weighted by Crippen LogP contribution is -2.15. The number of hydrogen-bond acceptors (Lipinski definition) is 1. The van der Waals surface area contributed by atoms with Gasteiger partial charge < -0.3 is 5.32 Å². The Morgan fingerprint density at radius 2 is 0.973 bits per heavy atom. The Kier molecular flexibility index (Phi) is 4.60. The van der Waals surface area contributed by atoms with Gasteiger partial charge >= 0.3 is 0 Å². The van der Waals surface area contributed by atoms with Gasteiger partial charge in [-0.1, -0.05) is 113 Å². The van der Waals surface area contributed by atoms with Crippen LogP contribution in [0.2, 0.25) is 0 Å². The molecule has 0 unspecified atom stereocenters. The third-order valence-electron chi connectivity index (χ3n) is 8.66. The Morgan fingerprint density at radius 1 is 0.432 bits per heavy atom. The Balaban J connectivity index is 1.28. The summed E-state index contributed by atoms with van der Waals surface area (Å²) in [5.74, 6) is 0. The molecule has 0 aliphatic heterocycles. The van der Waals surface area contributed by atoms with E-state index in [4.69, 9.17) is 0 Å². The van der Waals surface area contributed by atoms with Crippen LogP contribution in [0.4, 0.5) is 11.4 Å². The first kappa shape index (κ1) is 22.1. The topological polar surface area (TPSA) is 12.0 Å². The van der Waals surface area contributed by atoms with Crippen LogP contribution in [0.25, 0.3) is 33.4 Å². The van der Waals surface area contributed by atoms with Crippen molar-refractivity contribution in [2.75, 3.05) is 5.32 Å². The number of hydrogen-bond donors (Lipinski definition) is 1. The number of nitrogens with one attached hydrogen (secondary N) is 1. The average molecular weight is 478 g/mol. The third kappa shape index (κ3) is 3.17. The maximum Gasteiger partial charge on any atom is 0.0387 e. The molecule has 37 heavy (non-hydrogen) atoms. The van der Waals surface area contributed by atoms with Crippen LogP contribution in [0.3, 0.4) is 0 Å². The van der Waals surface area contributed by atoms with E-state index in [-0.39, 0.29) is 10.8 Å². The maximum atomic E-state index is 3.74. The molecular formula is C36H31N. The van der Waals surface area contributed by atoms with Gasteiger partial charge in [-0.25, -0.2) is 0 Å². The molecule has 2 aliphatic carbocycles. The van der Waals surface area contributed by atoms with Crippen molar-refractivity contribution in [1.82, 2.24) is 0 Å². The molecule has 0 spiro atoms. The summed E-state index contributed by atoms with van der Waals surface area (Å²) in [6, 6.07) is 40.1. The van der Waals surface area contributed by atoms with E-state index in [1.165, 1.54) is 55.6 Å². The van der Waals surface area contributed by atoms with Gasteiger partial charge in [-0.2, -0.15) is 0 Å². The summed E-state index contributed by atoms with van der Waals surface area (Å²) in [5, 5.41) is 3.74. The molecule has 1 nitrogen and oxygen atoms in total. The van der Waals surface area contributed by atoms with Crippen molar-refractivity contribution in [3.05, 3.63) is 131 Å². The second-order valence-electron chi connectivity index (χ2n) is 11.5. The van der Waals surface area contributed by atoms with Gasteiger partial charge in [-0.05, 0) is 79.9 Å². The molecule has 5 aromatic rings. The fourth-order valence-corrected chi connectivity index (χ4v) is 6.67. The minimum atomic E-state index is -0.0608. The van der Waals surface area contributed by atoms with Crippen LogP contribution in [0.5, 0.6) is 0 Å². The first-order chi connectivity index (χ1) is 17.9. The molecule has 0 amide bonds. The van der Waals surface area contributed by atoms with Crippen LogP contribution in [0.15, 0.2) is 109 Å². The van der Waals surface area contributed by atoms with E-state index in [0.717, 1.165) is 11.4 Å². The van der Waals surface area contributed by atoms with E-state index in [9.17, 15) is 0 Å². The van der Waals surface area contributed by atoms with Gasteiger partial charge in [0.25, 0.3) is 0 Å². The van der Waals surface area contributed by atoms with E-state index in [2.05, 4.69) is 142 Å². The third-order valence-corrected chi connectivity index (χ3v) is 8.66. The van der Waals surface area contributed by atoms with Gasteiger partial charge in [0.05, 0.1) is 0 Å². The van der Waals surface area contributed by atoms with Crippen LogP contribution in [-0.2, 0) is 10.8 Å². The van der Waals surface area contributed by atoms with E-state index in [1.807, 2.05) is 0 Å². The highest BCUT2D eigenvalue weighted by molar-refractivity contribution is 5.93. The standard InChI is InChI=1S/C36H31N/c1-35(2)30-15-9-8-13-27(30)28-19-17-24(21-32(28)35)37-25-18-20-29-33(22-25)36(3,4)31-16-10-14-26(34(29)31)23-11-6-5-7-12-23/h5-22,37H,1-4H3. The number of rotatable bonds is 3. The van der Waals surface area contributed by atoms with Crippen LogP contribution >= 0.6 is 0 Å². The molecule has 5 aromatic carbocycles. The number of benzene rings is 5. The van der Waals surface area contributed by atoms with Gasteiger partial charge in [-0.3, -0.25) is 0 Å². The molecule has 0 atom stereocenters. The fourth-order valence-electron chi connectivity index (χ4n) is 6.67. The summed E-state index contributed by atoms with van der Waals surface area (Å²) < 4.78 is 0. The molecule has 0 saturated heterocycles. The molecule has 0 radical (unpaired) electrons. The Hall–Kier alpha value is -4.10. The van der Waals surface area contributed by atoms with E-state index in [1.54, 1.807) is 0 Å². The molecule has 0 aromatic heterocycles. The summed E-state index contributed by atoms with van der Waals surface area (Å²) in [7, 11) is 0. The van der Waals surface area contributed by atoms with Crippen molar-refractivity contribution in [1.29, 1.82) is 0 Å². The van der Waals surface area contributed by atoms with E-state index in [0.29, 0.717) is 0 Å². The lowest BCUT2D eigenvalue weighted by molar-refractivity contribution is 0.660. The van der Waals surface area contributed by atoms with Crippen molar-refractivity contribution in [3.63, 3.8) is 0 Å². The quantitative estimate of drug-likeness (QED) is 0.273. The number of anilines is 2. The van der Waals surface area contributed by atoms with Crippen molar-refractivity contribution in [2.45, 2.75) is 38.5 Å². The van der Waals surface area contributed by atoms with Crippen LogP contribution < -0.4 is 5.32 Å². The Labute approximate surface area is 219 Å². The average Bonchev–Trinajstić information content (AvgIpc) is 3.29. The second-order valence-corrected chi connectivity index (χ2v) is 11.5. The minimum absolute atomic E-state index is 0.000966. The van der Waals surface area contributed by atoms with Crippen molar-refractivity contribution >= 4 is 11.4 Å². The lowest BCUT2D eigenvalue weighted by Gasteiger charge is -2.23. The van der Waals surface area contributed by atoms with E-state index < -0.39 is 0 Å². The van der Waals surface area contributed by atoms with Gasteiger partial charge in [-0.15, -0.1) is 0 Å². The molecule has 0 bridgehead atoms. The zero-order valence-corrected chi connectivity index (χ0v) is 21.9. The minimum Gasteiger partial charge on any atom is -0.356 e. The fraction of sp³-hybridized carbons (Fsp3) is 0.167. The zero-order valence-electron chi connectivity index (χ0n) is 21.9. The van der Waals surface area contributed by atoms with Gasteiger partial charge in [0, 0.05) is 22.2 Å². The smallest absolute Gasteiger partial charge is 0.0387 e. The molecule has 2 aliphatic rings. The second kappa shape index (κ2) is 7.70. The van der Waals surface area contributed by atoms with Crippen molar-refractivity contribution < 1.29 is 0 Å². The molecular weight excluding hydrogens is 446 g/mol. The molecule has 180 valence electrons. The Morgan fingerprint density at radius 3 is 1.73 bits per heavy atom. The van der Waals surface area contributed by atoms with Crippen LogP contribution in [-0.4, -0.2) is 0 Å². The lowest BCUT2D eigenvalue weighted by atomic mass is 9.81. The Bertz CT molecular complexity index is 1690. The first-order valence-corrected chi connectivity index (χ1v) is 13.2. The van der Waals surface area contributed by atoms with Crippen molar-refractivity contribution in [2.24, 2.45) is 0 Å². The zero-order chi connectivity index (χ0) is 25.4. The highest BCUT2D eigenvalue weighted by Crippen LogP contribution is 2.53. The molecule has 7 rings (SSSR count). The molecule has 1 heteroatoms. The summed E-state index contributed by atoms with van der Waals surface area (Å²) in [5.41, 5.74) is 15.8. The van der Waals surface area contributed by atoms with Crippen LogP contribution in [0, 0.1) is 0 Å². The molecule has 0 heterocycles. The summed E-state index contributed by atoms with van der Waals surface area (Å²) in [4.78, 5) is 0. The monoisotopic (exact) mass is 477 g/mol. The summed E-state index contributed by atoms with van der Waals surface area (Å²) in [6.07, 6.45) is 0. The highest BCUT2D eigenvalue weighted by atomic mass is 14.9. The predicted octanol–water partition coefficient (Wildman–Crippen LogP) is 9.71. The van der Waals surface area contributed by atoms with Gasteiger partial charge in [0.1, 0.15) is 0 Å². The summed E-state index contributed by atoms with van der Waals surface area (Å²) >= 11 is 0. The number of fused-ring (bicyclic) bond motifs is 6. The highest BCUT2D eigenvalue weighted by Gasteiger charge is 2.37. The van der Waals surface area contributed by atoms with Gasteiger partial charge in [0.15, 0.2) is 0 Å². The van der Waals surface area contributed by atoms with Crippen LogP contribution in [0.1, 0.15) is 49.9 Å². The predicted molar refractivity (Wildman–Crippen MR) is 157 cm³/mol. The van der Waals surface area contributed by atoms with E-state index >= 15 is 0 Å². The maximum absolute atomic E-state index is 3.74. The van der Waals surface area contributed by atoms with Gasteiger partial charge in [0.2, 0.25) is 0 Å². The molecule has 1 N–H and O–H groups in total. The van der Waals surface area contributed by atoms with Crippen molar-refractivity contribution in [3.8, 4) is 33.4 Å². The molecule has 0 saturated carbocycles. The largest absolute Gasteiger partial charge is 0.356 e. The normalized spacial score (nSPS) is 15.5. The summed E-state index contributed by atoms with van der Waals surface area (Å²) in [6.45, 7) is 9.37.